The Morgan fingerprint density at radius 2 is 2.28 bits per heavy atom. The van der Waals surface area contributed by atoms with Crippen LogP contribution in [0.3, 0.4) is 0 Å². The van der Waals surface area contributed by atoms with Crippen molar-refractivity contribution in [3.05, 3.63) is 45.7 Å². The monoisotopic (exact) mass is 266 g/mol. The lowest BCUT2D eigenvalue weighted by atomic mass is 10.1. The number of aromatic nitrogens is 1. The van der Waals surface area contributed by atoms with E-state index in [0.29, 0.717) is 17.9 Å². The second-order valence-electron chi connectivity index (χ2n) is 4.14. The Kier molecular flexibility index (Phi) is 3.93. The van der Waals surface area contributed by atoms with Gasteiger partial charge in [0.2, 0.25) is 0 Å². The molecule has 18 heavy (non-hydrogen) atoms. The first-order valence-corrected chi connectivity index (χ1v) is 6.53. The second-order valence-corrected chi connectivity index (χ2v) is 5.09. The van der Waals surface area contributed by atoms with Crippen LogP contribution in [0.5, 0.6) is 5.75 Å². The maximum absolute atomic E-state index is 13.7. The van der Waals surface area contributed by atoms with E-state index < -0.39 is 0 Å². The molecule has 0 fully saturated rings. The van der Waals surface area contributed by atoms with Gasteiger partial charge in [-0.25, -0.2) is 9.37 Å². The average Bonchev–Trinajstić information content (AvgIpc) is 2.72. The molecule has 2 rings (SSSR count). The van der Waals surface area contributed by atoms with Gasteiger partial charge in [-0.3, -0.25) is 0 Å². The van der Waals surface area contributed by atoms with E-state index in [0.717, 1.165) is 10.7 Å². The van der Waals surface area contributed by atoms with Crippen LogP contribution in [-0.2, 0) is 6.61 Å². The predicted octanol–water partition coefficient (Wildman–Crippen LogP) is 3.19. The van der Waals surface area contributed by atoms with Crippen LogP contribution in [0.2, 0.25) is 0 Å². The zero-order valence-electron chi connectivity index (χ0n) is 10.3. The Labute approximate surface area is 109 Å². The van der Waals surface area contributed by atoms with Gasteiger partial charge in [0.15, 0.2) is 0 Å². The average molecular weight is 266 g/mol. The summed E-state index contributed by atoms with van der Waals surface area (Å²) in [5.74, 6) is 0.155. The Morgan fingerprint density at radius 3 is 2.83 bits per heavy atom. The summed E-state index contributed by atoms with van der Waals surface area (Å²) in [6.07, 6.45) is 0. The van der Waals surface area contributed by atoms with Crippen molar-refractivity contribution in [3.63, 3.8) is 0 Å². The van der Waals surface area contributed by atoms with Crippen LogP contribution in [-0.4, -0.2) is 4.98 Å². The van der Waals surface area contributed by atoms with E-state index in [-0.39, 0.29) is 11.9 Å². The molecule has 0 aliphatic rings. The fourth-order valence-corrected chi connectivity index (χ4v) is 2.26. The molecule has 0 saturated carbocycles. The van der Waals surface area contributed by atoms with Crippen molar-refractivity contribution < 1.29 is 9.13 Å². The number of benzene rings is 1. The van der Waals surface area contributed by atoms with Crippen molar-refractivity contribution in [2.45, 2.75) is 26.5 Å². The van der Waals surface area contributed by atoms with Gasteiger partial charge in [0.25, 0.3) is 0 Å². The lowest BCUT2D eigenvalue weighted by Gasteiger charge is -2.09. The predicted molar refractivity (Wildman–Crippen MR) is 70.2 cm³/mol. The van der Waals surface area contributed by atoms with Gasteiger partial charge in [0.1, 0.15) is 23.2 Å². The van der Waals surface area contributed by atoms with Crippen LogP contribution in [0.4, 0.5) is 4.39 Å². The number of nitrogens with zero attached hydrogens (tertiary/aromatic N) is 1. The van der Waals surface area contributed by atoms with E-state index in [1.807, 2.05) is 12.3 Å². The number of aryl methyl sites for hydroxylation is 1. The highest BCUT2D eigenvalue weighted by molar-refractivity contribution is 7.09. The Hall–Kier alpha value is -1.46. The summed E-state index contributed by atoms with van der Waals surface area (Å²) < 4.78 is 19.1. The summed E-state index contributed by atoms with van der Waals surface area (Å²) in [6.45, 7) is 4.03. The molecule has 3 nitrogen and oxygen atoms in total. The molecule has 2 N–H and O–H groups in total. The minimum atomic E-state index is -0.335. The molecule has 0 bridgehead atoms. The first-order valence-electron chi connectivity index (χ1n) is 5.65. The largest absolute Gasteiger partial charge is 0.486 e. The highest BCUT2D eigenvalue weighted by atomic mass is 32.1. The first-order chi connectivity index (χ1) is 8.56. The number of hydrogen-bond donors (Lipinski definition) is 1. The van der Waals surface area contributed by atoms with Gasteiger partial charge in [-0.15, -0.1) is 11.3 Å². The zero-order chi connectivity index (χ0) is 13.1. The van der Waals surface area contributed by atoms with Crippen molar-refractivity contribution in [2.24, 2.45) is 5.73 Å². The quantitative estimate of drug-likeness (QED) is 0.924. The summed E-state index contributed by atoms with van der Waals surface area (Å²) >= 11 is 1.53. The Morgan fingerprint density at radius 1 is 1.50 bits per heavy atom. The molecule has 0 aliphatic heterocycles. The maximum Gasteiger partial charge on any atom is 0.140 e. The van der Waals surface area contributed by atoms with Gasteiger partial charge in [-0.2, -0.15) is 0 Å². The van der Waals surface area contributed by atoms with Gasteiger partial charge in [0, 0.05) is 28.7 Å². The minimum absolute atomic E-state index is 0.319. The molecular formula is C13H15FN2OS. The molecular weight excluding hydrogens is 251 g/mol. The molecule has 1 heterocycles. The highest BCUT2D eigenvalue weighted by Crippen LogP contribution is 2.21. The Bertz CT molecular complexity index is 540. The lowest BCUT2D eigenvalue weighted by Crippen LogP contribution is -2.07. The maximum atomic E-state index is 13.7. The standard InChI is InChI=1S/C13H15FN2OS/c1-8-7-18-13(16-8)6-17-10-3-4-11(9(2)15)12(14)5-10/h3-5,7,9H,6,15H2,1-2H3. The fraction of sp³-hybridized carbons (Fsp3) is 0.308. The molecule has 2 aromatic rings. The third kappa shape index (κ3) is 3.05. The number of halogens is 1. The number of nitrogens with two attached hydrogens (primary N) is 1. The van der Waals surface area contributed by atoms with Crippen molar-refractivity contribution in [2.75, 3.05) is 0 Å². The number of rotatable bonds is 4. The van der Waals surface area contributed by atoms with Gasteiger partial charge < -0.3 is 10.5 Å². The van der Waals surface area contributed by atoms with Crippen LogP contribution < -0.4 is 10.5 Å². The highest BCUT2D eigenvalue weighted by Gasteiger charge is 2.08. The van der Waals surface area contributed by atoms with E-state index >= 15 is 0 Å². The number of hydrogen-bond acceptors (Lipinski definition) is 4. The summed E-state index contributed by atoms with van der Waals surface area (Å²) in [7, 11) is 0. The fourth-order valence-electron chi connectivity index (χ4n) is 1.58. The van der Waals surface area contributed by atoms with Crippen molar-refractivity contribution in [1.29, 1.82) is 0 Å². The smallest absolute Gasteiger partial charge is 0.140 e. The van der Waals surface area contributed by atoms with E-state index in [4.69, 9.17) is 10.5 Å². The van der Waals surface area contributed by atoms with Crippen LogP contribution in [0.15, 0.2) is 23.6 Å². The second kappa shape index (κ2) is 5.46. The van der Waals surface area contributed by atoms with Crippen LogP contribution in [0.25, 0.3) is 0 Å². The summed E-state index contributed by atoms with van der Waals surface area (Å²) in [5.41, 5.74) is 7.11. The van der Waals surface area contributed by atoms with Crippen LogP contribution >= 0.6 is 11.3 Å². The summed E-state index contributed by atoms with van der Waals surface area (Å²) in [5, 5.41) is 2.84. The van der Waals surface area contributed by atoms with Gasteiger partial charge in [0.05, 0.1) is 0 Å². The summed E-state index contributed by atoms with van der Waals surface area (Å²) in [4.78, 5) is 4.27. The van der Waals surface area contributed by atoms with Crippen molar-refractivity contribution in [1.82, 2.24) is 4.98 Å². The Balaban J connectivity index is 2.04. The molecule has 0 spiro atoms. The molecule has 0 saturated heterocycles. The van der Waals surface area contributed by atoms with Gasteiger partial charge in [-0.1, -0.05) is 6.07 Å². The van der Waals surface area contributed by atoms with Gasteiger partial charge in [-0.05, 0) is 19.9 Å². The molecule has 96 valence electrons. The molecule has 1 atom stereocenters. The van der Waals surface area contributed by atoms with Crippen LogP contribution in [0.1, 0.15) is 29.2 Å². The minimum Gasteiger partial charge on any atom is -0.486 e. The number of ether oxygens (including phenoxy) is 1. The molecule has 0 radical (unpaired) electrons. The third-order valence-corrected chi connectivity index (χ3v) is 3.43. The third-order valence-electron chi connectivity index (χ3n) is 2.49. The molecule has 0 amide bonds. The van der Waals surface area contributed by atoms with Crippen molar-refractivity contribution >= 4 is 11.3 Å². The van der Waals surface area contributed by atoms with E-state index in [1.165, 1.54) is 17.4 Å². The molecule has 5 heteroatoms. The molecule has 1 aromatic carbocycles. The zero-order valence-corrected chi connectivity index (χ0v) is 11.1. The van der Waals surface area contributed by atoms with Crippen LogP contribution in [0, 0.1) is 12.7 Å². The molecule has 1 aromatic heterocycles. The molecule has 1 unspecified atom stereocenters. The van der Waals surface area contributed by atoms with Gasteiger partial charge >= 0.3 is 0 Å². The lowest BCUT2D eigenvalue weighted by molar-refractivity contribution is 0.303. The SMILES string of the molecule is Cc1csc(COc2ccc(C(C)N)c(F)c2)n1. The summed E-state index contributed by atoms with van der Waals surface area (Å²) in [6, 6.07) is 4.42. The van der Waals surface area contributed by atoms with E-state index in [2.05, 4.69) is 4.98 Å². The number of thiazole rings is 1. The van der Waals surface area contributed by atoms with Crippen molar-refractivity contribution in [3.8, 4) is 5.75 Å². The van der Waals surface area contributed by atoms with E-state index in [9.17, 15) is 4.39 Å². The van der Waals surface area contributed by atoms with E-state index in [1.54, 1.807) is 19.1 Å². The first kappa shape index (κ1) is 13.0. The molecule has 0 aliphatic carbocycles. The topological polar surface area (TPSA) is 48.1 Å². The normalized spacial score (nSPS) is 12.4.